The smallest absolute Gasteiger partial charge is 0.0502 e. The highest BCUT2D eigenvalue weighted by Gasteiger charge is 2.19. The molecule has 1 fully saturated rings. The molecule has 23 heavy (non-hydrogen) atoms. The van der Waals surface area contributed by atoms with Gasteiger partial charge in [-0.15, -0.1) is 0 Å². The molecule has 1 heteroatoms. The third-order valence-electron chi connectivity index (χ3n) is 5.28. The first-order valence-corrected chi connectivity index (χ1v) is 8.94. The summed E-state index contributed by atoms with van der Waals surface area (Å²) in [6, 6.07) is 18.1. The van der Waals surface area contributed by atoms with Gasteiger partial charge in [-0.1, -0.05) is 68.3 Å². The van der Waals surface area contributed by atoms with Crippen LogP contribution in [0, 0.1) is 5.92 Å². The minimum atomic E-state index is 0.775. The van der Waals surface area contributed by atoms with Gasteiger partial charge in [0.15, 0.2) is 0 Å². The molecule has 1 aliphatic rings. The van der Waals surface area contributed by atoms with Crippen molar-refractivity contribution in [3.8, 4) is 11.1 Å². The van der Waals surface area contributed by atoms with Gasteiger partial charge in [-0.25, -0.2) is 0 Å². The van der Waals surface area contributed by atoms with Crippen LogP contribution in [0.3, 0.4) is 0 Å². The highest BCUT2D eigenvalue weighted by molar-refractivity contribution is 5.64. The van der Waals surface area contributed by atoms with Gasteiger partial charge in [0.25, 0.3) is 0 Å². The van der Waals surface area contributed by atoms with E-state index in [0.29, 0.717) is 0 Å². The summed E-state index contributed by atoms with van der Waals surface area (Å²) < 4.78 is 5.14. The predicted molar refractivity (Wildman–Crippen MR) is 97.8 cm³/mol. The molecule has 0 bridgehead atoms. The second-order valence-corrected chi connectivity index (χ2v) is 7.02. The summed E-state index contributed by atoms with van der Waals surface area (Å²) in [4.78, 5) is 0. The average Bonchev–Trinajstić information content (AvgIpc) is 2.61. The van der Waals surface area contributed by atoms with Gasteiger partial charge in [-0.05, 0) is 53.4 Å². The van der Waals surface area contributed by atoms with Crippen LogP contribution in [0.2, 0.25) is 0 Å². The second-order valence-electron chi connectivity index (χ2n) is 7.02. The summed E-state index contributed by atoms with van der Waals surface area (Å²) in [7, 11) is 1.75. The van der Waals surface area contributed by atoms with Crippen molar-refractivity contribution < 1.29 is 4.74 Å². The Morgan fingerprint density at radius 2 is 1.39 bits per heavy atom. The number of hydrogen-bond acceptors (Lipinski definition) is 1. The molecule has 2 aromatic carbocycles. The van der Waals surface area contributed by atoms with Gasteiger partial charge in [0.2, 0.25) is 0 Å². The molecule has 0 radical (unpaired) electrons. The Morgan fingerprint density at radius 3 is 1.96 bits per heavy atom. The second kappa shape index (κ2) is 7.79. The maximum Gasteiger partial charge on any atom is 0.0502 e. The lowest BCUT2D eigenvalue weighted by Gasteiger charge is -2.26. The SMILES string of the molecule is COCCc1ccc(-c2ccc(C3CCC(C)CC3)cc2)cc1. The molecule has 1 aliphatic carbocycles. The Bertz CT molecular complexity index is 589. The molecule has 0 aromatic heterocycles. The van der Waals surface area contributed by atoms with E-state index in [1.807, 2.05) is 0 Å². The van der Waals surface area contributed by atoms with Crippen molar-refractivity contribution >= 4 is 0 Å². The topological polar surface area (TPSA) is 9.23 Å². The molecule has 0 spiro atoms. The minimum Gasteiger partial charge on any atom is -0.384 e. The Labute approximate surface area is 140 Å². The van der Waals surface area contributed by atoms with Crippen molar-refractivity contribution in [2.75, 3.05) is 13.7 Å². The lowest BCUT2D eigenvalue weighted by Crippen LogP contribution is -2.10. The van der Waals surface area contributed by atoms with E-state index in [9.17, 15) is 0 Å². The van der Waals surface area contributed by atoms with Gasteiger partial charge in [0.05, 0.1) is 6.61 Å². The Kier molecular flexibility index (Phi) is 5.51. The van der Waals surface area contributed by atoms with Crippen molar-refractivity contribution in [2.45, 2.75) is 44.9 Å². The molecule has 0 N–H and O–H groups in total. The maximum atomic E-state index is 5.14. The number of methoxy groups -OCH3 is 1. The molecule has 0 unspecified atom stereocenters. The molecule has 3 rings (SSSR count). The number of rotatable bonds is 5. The molecule has 122 valence electrons. The van der Waals surface area contributed by atoms with Gasteiger partial charge in [0, 0.05) is 7.11 Å². The van der Waals surface area contributed by atoms with E-state index in [4.69, 9.17) is 4.74 Å². The Morgan fingerprint density at radius 1 is 0.826 bits per heavy atom. The van der Waals surface area contributed by atoms with Crippen LogP contribution in [0.5, 0.6) is 0 Å². The van der Waals surface area contributed by atoms with Crippen molar-refractivity contribution in [3.05, 3.63) is 59.7 Å². The average molecular weight is 308 g/mol. The number of hydrogen-bond donors (Lipinski definition) is 0. The van der Waals surface area contributed by atoms with Crippen LogP contribution in [0.1, 0.15) is 49.7 Å². The minimum absolute atomic E-state index is 0.775. The van der Waals surface area contributed by atoms with Gasteiger partial charge in [-0.3, -0.25) is 0 Å². The zero-order valence-corrected chi connectivity index (χ0v) is 14.4. The van der Waals surface area contributed by atoms with E-state index in [1.54, 1.807) is 7.11 Å². The first kappa shape index (κ1) is 16.3. The monoisotopic (exact) mass is 308 g/mol. The molecular weight excluding hydrogens is 280 g/mol. The summed E-state index contributed by atoms with van der Waals surface area (Å²) in [5.74, 6) is 1.69. The number of benzene rings is 2. The maximum absolute atomic E-state index is 5.14. The lowest BCUT2D eigenvalue weighted by molar-refractivity contribution is 0.202. The highest BCUT2D eigenvalue weighted by Crippen LogP contribution is 2.36. The summed E-state index contributed by atoms with van der Waals surface area (Å²) >= 11 is 0. The van der Waals surface area contributed by atoms with Crippen LogP contribution in [-0.4, -0.2) is 13.7 Å². The van der Waals surface area contributed by atoms with Crippen LogP contribution in [0.4, 0.5) is 0 Å². The molecule has 2 aromatic rings. The molecule has 0 heterocycles. The summed E-state index contributed by atoms with van der Waals surface area (Å²) in [5.41, 5.74) is 5.48. The standard InChI is InChI=1S/C22H28O/c1-17-3-7-19(8-4-17)21-11-13-22(14-12-21)20-9-5-18(6-10-20)15-16-23-2/h5-6,9-14,17,19H,3-4,7-8,15-16H2,1-2H3. The zero-order valence-electron chi connectivity index (χ0n) is 14.4. The van der Waals surface area contributed by atoms with Crippen molar-refractivity contribution in [3.63, 3.8) is 0 Å². The van der Waals surface area contributed by atoms with E-state index in [1.165, 1.54) is 47.9 Å². The van der Waals surface area contributed by atoms with Gasteiger partial charge in [0.1, 0.15) is 0 Å². The van der Waals surface area contributed by atoms with Gasteiger partial charge < -0.3 is 4.74 Å². The van der Waals surface area contributed by atoms with Gasteiger partial charge >= 0.3 is 0 Å². The van der Waals surface area contributed by atoms with Crippen molar-refractivity contribution in [1.29, 1.82) is 0 Å². The fraction of sp³-hybridized carbons (Fsp3) is 0.455. The van der Waals surface area contributed by atoms with E-state index in [0.717, 1.165) is 24.9 Å². The Balaban J connectivity index is 1.67. The van der Waals surface area contributed by atoms with E-state index in [-0.39, 0.29) is 0 Å². The summed E-state index contributed by atoms with van der Waals surface area (Å²) in [6.45, 7) is 3.17. The zero-order chi connectivity index (χ0) is 16.1. The molecule has 1 saturated carbocycles. The fourth-order valence-electron chi connectivity index (χ4n) is 3.62. The van der Waals surface area contributed by atoms with Crippen LogP contribution in [-0.2, 0) is 11.2 Å². The molecule has 0 atom stereocenters. The van der Waals surface area contributed by atoms with Gasteiger partial charge in [-0.2, -0.15) is 0 Å². The molecule has 0 amide bonds. The molecule has 0 saturated heterocycles. The molecule has 1 nitrogen and oxygen atoms in total. The van der Waals surface area contributed by atoms with Crippen molar-refractivity contribution in [2.24, 2.45) is 5.92 Å². The van der Waals surface area contributed by atoms with Crippen LogP contribution in [0.15, 0.2) is 48.5 Å². The van der Waals surface area contributed by atoms with Crippen LogP contribution in [0.25, 0.3) is 11.1 Å². The molecule has 0 aliphatic heterocycles. The quantitative estimate of drug-likeness (QED) is 0.674. The van der Waals surface area contributed by atoms with Crippen LogP contribution < -0.4 is 0 Å². The summed E-state index contributed by atoms with van der Waals surface area (Å²) in [5, 5.41) is 0. The van der Waals surface area contributed by atoms with E-state index in [2.05, 4.69) is 55.5 Å². The van der Waals surface area contributed by atoms with E-state index < -0.39 is 0 Å². The third-order valence-corrected chi connectivity index (χ3v) is 5.28. The summed E-state index contributed by atoms with van der Waals surface area (Å²) in [6.07, 6.45) is 6.46. The normalized spacial score (nSPS) is 21.3. The first-order chi connectivity index (χ1) is 11.3. The Hall–Kier alpha value is -1.60. The third kappa shape index (κ3) is 4.23. The fourth-order valence-corrected chi connectivity index (χ4v) is 3.62. The molecular formula is C22H28O. The first-order valence-electron chi connectivity index (χ1n) is 8.94. The number of ether oxygens (including phenoxy) is 1. The van der Waals surface area contributed by atoms with E-state index >= 15 is 0 Å². The largest absolute Gasteiger partial charge is 0.384 e. The predicted octanol–water partition coefficient (Wildman–Crippen LogP) is 5.84. The highest BCUT2D eigenvalue weighted by atomic mass is 16.5. The van der Waals surface area contributed by atoms with Crippen LogP contribution >= 0.6 is 0 Å². The van der Waals surface area contributed by atoms with Crippen molar-refractivity contribution in [1.82, 2.24) is 0 Å². The lowest BCUT2D eigenvalue weighted by atomic mass is 9.79.